The standard InChI is InChI=1S/C13H16BrN3/c1-7(2)9-5-4-8(3)10(6-9)12-11(14)13(15)17-16-12/h4-7H,1-3H3,(H3,15,16,17). The number of nitrogens with zero attached hydrogens (tertiary/aromatic N) is 1. The minimum Gasteiger partial charge on any atom is -0.381 e. The van der Waals surface area contributed by atoms with Gasteiger partial charge in [-0.3, -0.25) is 5.10 Å². The molecule has 4 heteroatoms. The highest BCUT2D eigenvalue weighted by Crippen LogP contribution is 2.33. The summed E-state index contributed by atoms with van der Waals surface area (Å²) in [4.78, 5) is 0. The molecule has 3 nitrogen and oxygen atoms in total. The van der Waals surface area contributed by atoms with Crippen LogP contribution in [0.2, 0.25) is 0 Å². The third-order valence-corrected chi connectivity index (χ3v) is 3.73. The molecule has 90 valence electrons. The molecule has 0 bridgehead atoms. The molecule has 0 saturated carbocycles. The quantitative estimate of drug-likeness (QED) is 0.883. The number of benzene rings is 1. The molecule has 3 N–H and O–H groups in total. The van der Waals surface area contributed by atoms with Gasteiger partial charge in [0.25, 0.3) is 0 Å². The van der Waals surface area contributed by atoms with Crippen LogP contribution in [0.4, 0.5) is 5.82 Å². The molecule has 0 aliphatic carbocycles. The number of aromatic nitrogens is 2. The van der Waals surface area contributed by atoms with Crippen molar-refractivity contribution in [2.45, 2.75) is 26.7 Å². The summed E-state index contributed by atoms with van der Waals surface area (Å²) >= 11 is 3.46. The smallest absolute Gasteiger partial charge is 0.160 e. The van der Waals surface area contributed by atoms with Crippen molar-refractivity contribution in [2.24, 2.45) is 0 Å². The van der Waals surface area contributed by atoms with Gasteiger partial charge < -0.3 is 5.73 Å². The average molecular weight is 294 g/mol. The zero-order valence-corrected chi connectivity index (χ0v) is 11.8. The molecule has 0 fully saturated rings. The number of halogens is 1. The van der Waals surface area contributed by atoms with Crippen LogP contribution >= 0.6 is 15.9 Å². The first kappa shape index (κ1) is 12.2. The van der Waals surface area contributed by atoms with E-state index in [1.165, 1.54) is 11.1 Å². The first-order valence-corrected chi connectivity index (χ1v) is 6.40. The summed E-state index contributed by atoms with van der Waals surface area (Å²) in [5.74, 6) is 1.00. The summed E-state index contributed by atoms with van der Waals surface area (Å²) in [6, 6.07) is 6.49. The molecule has 0 aliphatic rings. The summed E-state index contributed by atoms with van der Waals surface area (Å²) < 4.78 is 0.835. The Morgan fingerprint density at radius 2 is 2.06 bits per heavy atom. The Bertz CT molecular complexity index is 544. The molecule has 1 heterocycles. The number of hydrogen-bond acceptors (Lipinski definition) is 2. The maximum atomic E-state index is 5.74. The van der Waals surface area contributed by atoms with Crippen molar-refractivity contribution in [1.29, 1.82) is 0 Å². The maximum Gasteiger partial charge on any atom is 0.160 e. The van der Waals surface area contributed by atoms with E-state index < -0.39 is 0 Å². The lowest BCUT2D eigenvalue weighted by atomic mass is 9.96. The fourth-order valence-electron chi connectivity index (χ4n) is 1.79. The van der Waals surface area contributed by atoms with E-state index in [1.807, 2.05) is 0 Å². The highest BCUT2D eigenvalue weighted by Gasteiger charge is 2.13. The van der Waals surface area contributed by atoms with Crippen molar-refractivity contribution >= 4 is 21.7 Å². The van der Waals surface area contributed by atoms with Crippen LogP contribution in [0.15, 0.2) is 22.7 Å². The van der Waals surface area contributed by atoms with Crippen LogP contribution in [-0.4, -0.2) is 10.2 Å². The topological polar surface area (TPSA) is 54.7 Å². The van der Waals surface area contributed by atoms with Gasteiger partial charge in [-0.25, -0.2) is 0 Å². The van der Waals surface area contributed by atoms with Crippen molar-refractivity contribution in [1.82, 2.24) is 10.2 Å². The molecule has 0 aliphatic heterocycles. The molecule has 1 aromatic heterocycles. The molecule has 0 radical (unpaired) electrons. The second-order valence-corrected chi connectivity index (χ2v) is 5.32. The molecule has 17 heavy (non-hydrogen) atoms. The van der Waals surface area contributed by atoms with E-state index in [4.69, 9.17) is 5.73 Å². The minimum atomic E-state index is 0.495. The van der Waals surface area contributed by atoms with Gasteiger partial charge in [-0.2, -0.15) is 5.10 Å². The Balaban J connectivity index is 2.58. The Morgan fingerprint density at radius 1 is 1.35 bits per heavy atom. The number of rotatable bonds is 2. The van der Waals surface area contributed by atoms with Gasteiger partial charge in [0.1, 0.15) is 0 Å². The molecule has 2 rings (SSSR count). The molecule has 0 amide bonds. The van der Waals surface area contributed by atoms with E-state index in [0.29, 0.717) is 11.7 Å². The number of nitrogens with one attached hydrogen (secondary N) is 1. The largest absolute Gasteiger partial charge is 0.381 e. The Hall–Kier alpha value is -1.29. The Kier molecular flexibility index (Phi) is 3.24. The third kappa shape index (κ3) is 2.22. The SMILES string of the molecule is Cc1ccc(C(C)C)cc1-c1[nH]nc(N)c1Br. The van der Waals surface area contributed by atoms with Crippen LogP contribution in [0, 0.1) is 6.92 Å². The fourth-order valence-corrected chi connectivity index (χ4v) is 2.18. The van der Waals surface area contributed by atoms with Crippen molar-refractivity contribution in [3.05, 3.63) is 33.8 Å². The summed E-state index contributed by atoms with van der Waals surface area (Å²) in [6.45, 7) is 6.46. The second-order valence-electron chi connectivity index (χ2n) is 4.53. The van der Waals surface area contributed by atoms with E-state index >= 15 is 0 Å². The highest BCUT2D eigenvalue weighted by molar-refractivity contribution is 9.10. The second kappa shape index (κ2) is 4.53. The predicted molar refractivity (Wildman–Crippen MR) is 75.0 cm³/mol. The Labute approximate surface area is 110 Å². The first-order chi connectivity index (χ1) is 8.00. The number of aryl methyl sites for hydroxylation is 1. The molecule has 0 saturated heterocycles. The lowest BCUT2D eigenvalue weighted by Gasteiger charge is -2.10. The average Bonchev–Trinajstić information content (AvgIpc) is 2.60. The van der Waals surface area contributed by atoms with Crippen LogP contribution in [-0.2, 0) is 0 Å². The molecule has 0 spiro atoms. The molecule has 0 unspecified atom stereocenters. The van der Waals surface area contributed by atoms with E-state index in [0.717, 1.165) is 15.7 Å². The van der Waals surface area contributed by atoms with Gasteiger partial charge in [0.05, 0.1) is 10.2 Å². The highest BCUT2D eigenvalue weighted by atomic mass is 79.9. The first-order valence-electron chi connectivity index (χ1n) is 5.61. The van der Waals surface area contributed by atoms with Gasteiger partial charge in [-0.1, -0.05) is 26.0 Å². The predicted octanol–water partition coefficient (Wildman–Crippen LogP) is 3.85. The number of nitrogen functional groups attached to an aromatic ring is 1. The minimum absolute atomic E-state index is 0.495. The number of anilines is 1. The van der Waals surface area contributed by atoms with E-state index in [2.05, 4.69) is 65.1 Å². The molecular formula is C13H16BrN3. The lowest BCUT2D eigenvalue weighted by molar-refractivity contribution is 0.866. The van der Waals surface area contributed by atoms with Gasteiger partial charge in [-0.05, 0) is 46.0 Å². The molecule has 1 aromatic carbocycles. The van der Waals surface area contributed by atoms with Gasteiger partial charge in [0.15, 0.2) is 5.82 Å². The van der Waals surface area contributed by atoms with E-state index in [9.17, 15) is 0 Å². The third-order valence-electron chi connectivity index (χ3n) is 2.93. The van der Waals surface area contributed by atoms with Gasteiger partial charge in [0.2, 0.25) is 0 Å². The van der Waals surface area contributed by atoms with Gasteiger partial charge in [-0.15, -0.1) is 0 Å². The van der Waals surface area contributed by atoms with Crippen LogP contribution in [0.1, 0.15) is 30.9 Å². The van der Waals surface area contributed by atoms with Crippen molar-refractivity contribution < 1.29 is 0 Å². The zero-order valence-electron chi connectivity index (χ0n) is 10.2. The fraction of sp³-hybridized carbons (Fsp3) is 0.308. The zero-order chi connectivity index (χ0) is 12.6. The molecule has 2 aromatic rings. The number of nitrogens with two attached hydrogens (primary N) is 1. The van der Waals surface area contributed by atoms with E-state index in [-0.39, 0.29) is 0 Å². The van der Waals surface area contributed by atoms with E-state index in [1.54, 1.807) is 0 Å². The number of H-pyrrole nitrogens is 1. The molecule has 0 atom stereocenters. The Morgan fingerprint density at radius 3 is 2.59 bits per heavy atom. The lowest BCUT2D eigenvalue weighted by Crippen LogP contribution is -1.91. The van der Waals surface area contributed by atoms with Crippen LogP contribution in [0.5, 0.6) is 0 Å². The maximum absolute atomic E-state index is 5.74. The van der Waals surface area contributed by atoms with Crippen molar-refractivity contribution in [3.63, 3.8) is 0 Å². The summed E-state index contributed by atoms with van der Waals surface area (Å²) in [6.07, 6.45) is 0. The van der Waals surface area contributed by atoms with Crippen LogP contribution < -0.4 is 5.73 Å². The van der Waals surface area contributed by atoms with Crippen molar-refractivity contribution in [2.75, 3.05) is 5.73 Å². The monoisotopic (exact) mass is 293 g/mol. The normalized spacial score (nSPS) is 11.1. The van der Waals surface area contributed by atoms with Crippen LogP contribution in [0.25, 0.3) is 11.3 Å². The summed E-state index contributed by atoms with van der Waals surface area (Å²) in [7, 11) is 0. The number of aromatic amines is 1. The van der Waals surface area contributed by atoms with Gasteiger partial charge in [0, 0.05) is 5.56 Å². The van der Waals surface area contributed by atoms with Gasteiger partial charge >= 0.3 is 0 Å². The van der Waals surface area contributed by atoms with Crippen LogP contribution in [0.3, 0.4) is 0 Å². The summed E-state index contributed by atoms with van der Waals surface area (Å²) in [5.41, 5.74) is 10.3. The number of hydrogen-bond donors (Lipinski definition) is 2. The van der Waals surface area contributed by atoms with Crippen molar-refractivity contribution in [3.8, 4) is 11.3 Å². The summed E-state index contributed by atoms with van der Waals surface area (Å²) in [5, 5.41) is 6.99. The molecular weight excluding hydrogens is 278 g/mol.